The lowest BCUT2D eigenvalue weighted by atomic mass is 10.4. The maximum atomic E-state index is 12.1. The topological polar surface area (TPSA) is 52.6 Å². The monoisotopic (exact) mass is 212 g/mol. The molecule has 0 aromatic carbocycles. The lowest BCUT2D eigenvalue weighted by Crippen LogP contribution is -2.19. The summed E-state index contributed by atoms with van der Waals surface area (Å²) in [5.41, 5.74) is 0. The van der Waals surface area contributed by atoms with E-state index in [2.05, 4.69) is 9.47 Å². The first-order chi connectivity index (χ1) is 6.49. The van der Waals surface area contributed by atoms with Gasteiger partial charge in [0, 0.05) is 6.42 Å². The van der Waals surface area contributed by atoms with Crippen LogP contribution in [-0.4, -0.2) is 25.7 Å². The maximum Gasteiger partial charge on any atom is 0.417 e. The first-order valence-corrected chi connectivity index (χ1v) is 3.43. The smallest absolute Gasteiger partial charge is 0.417 e. The Bertz CT molecular complexity index is 258. The zero-order valence-electron chi connectivity index (χ0n) is 7.18. The third-order valence-electron chi connectivity index (χ3n) is 1.11. The van der Waals surface area contributed by atoms with Gasteiger partial charge in [0.1, 0.15) is 0 Å². The molecular weight excluding hydrogens is 205 g/mol. The zero-order chi connectivity index (χ0) is 11.1. The van der Waals surface area contributed by atoms with E-state index in [1.165, 1.54) is 0 Å². The van der Waals surface area contributed by atoms with E-state index in [0.29, 0.717) is 0 Å². The van der Waals surface area contributed by atoms with Crippen LogP contribution in [0.25, 0.3) is 0 Å². The molecule has 0 spiro atoms. The summed E-state index contributed by atoms with van der Waals surface area (Å²) < 4.78 is 43.0. The van der Waals surface area contributed by atoms with Crippen LogP contribution in [-0.2, 0) is 19.1 Å². The molecule has 0 aromatic rings. The predicted octanol–water partition coefficient (Wildman–Crippen LogP) is 1.17. The van der Waals surface area contributed by atoms with Gasteiger partial charge < -0.3 is 9.47 Å². The third-order valence-corrected chi connectivity index (χ3v) is 1.11. The van der Waals surface area contributed by atoms with Crippen molar-refractivity contribution >= 4 is 11.9 Å². The summed E-state index contributed by atoms with van der Waals surface area (Å²) in [7, 11) is 0.950. The average Bonchev–Trinajstić information content (AvgIpc) is 2.15. The quantitative estimate of drug-likeness (QED) is 0.520. The predicted molar refractivity (Wildman–Crippen MR) is 37.9 cm³/mol. The molecule has 14 heavy (non-hydrogen) atoms. The van der Waals surface area contributed by atoms with Gasteiger partial charge in [-0.2, -0.15) is 8.78 Å². The summed E-state index contributed by atoms with van der Waals surface area (Å²) in [6, 6.07) is 0. The van der Waals surface area contributed by atoms with Gasteiger partial charge in [0.25, 0.3) is 0 Å². The highest BCUT2D eigenvalue weighted by Crippen LogP contribution is 2.12. The number of esters is 2. The number of carbonyl (C=O) groups is 2. The Hall–Kier alpha value is -1.53. The van der Waals surface area contributed by atoms with Crippen LogP contribution in [0.3, 0.4) is 0 Å². The van der Waals surface area contributed by atoms with Crippen LogP contribution in [0.4, 0.5) is 13.2 Å². The molecule has 7 heteroatoms. The van der Waals surface area contributed by atoms with Crippen molar-refractivity contribution in [3.63, 3.8) is 0 Å². The number of methoxy groups -OCH3 is 1. The van der Waals surface area contributed by atoms with Gasteiger partial charge in [0.05, 0.1) is 13.7 Å². The van der Waals surface area contributed by atoms with Crippen molar-refractivity contribution < 1.29 is 32.2 Å². The van der Waals surface area contributed by atoms with Crippen molar-refractivity contribution in [2.24, 2.45) is 0 Å². The fraction of sp³-hybridized carbons (Fsp3) is 0.429. The van der Waals surface area contributed by atoms with Crippen molar-refractivity contribution in [2.45, 2.75) is 6.42 Å². The van der Waals surface area contributed by atoms with E-state index < -0.39 is 36.9 Å². The first-order valence-electron chi connectivity index (χ1n) is 3.43. The Kier molecular flexibility index (Phi) is 5.35. The second kappa shape index (κ2) is 6.01. The molecule has 0 aliphatic carbocycles. The zero-order valence-corrected chi connectivity index (χ0v) is 7.18. The largest absolute Gasteiger partial charge is 0.461 e. The molecule has 4 nitrogen and oxygen atoms in total. The number of carbonyl (C=O) groups excluding carboxylic acids is 2. The molecule has 0 unspecified atom stereocenters. The second-order valence-electron chi connectivity index (χ2n) is 2.04. The molecule has 0 radical (unpaired) electrons. The highest BCUT2D eigenvalue weighted by molar-refractivity contribution is 6.29. The minimum Gasteiger partial charge on any atom is -0.461 e. The minimum atomic E-state index is -2.47. The molecular formula is C7H7F3O4. The highest BCUT2D eigenvalue weighted by atomic mass is 19.3. The second-order valence-corrected chi connectivity index (χ2v) is 2.04. The lowest BCUT2D eigenvalue weighted by molar-refractivity contribution is -0.165. The summed E-state index contributed by atoms with van der Waals surface area (Å²) in [5.74, 6) is -4.29. The van der Waals surface area contributed by atoms with Gasteiger partial charge in [-0.05, 0) is 0 Å². The maximum absolute atomic E-state index is 12.1. The van der Waals surface area contributed by atoms with Gasteiger partial charge in [-0.3, -0.25) is 0 Å². The van der Waals surface area contributed by atoms with Crippen molar-refractivity contribution in [1.82, 2.24) is 0 Å². The lowest BCUT2D eigenvalue weighted by Gasteiger charge is -2.00. The van der Waals surface area contributed by atoms with E-state index in [9.17, 15) is 22.8 Å². The van der Waals surface area contributed by atoms with Crippen LogP contribution in [0.5, 0.6) is 0 Å². The fourth-order valence-electron chi connectivity index (χ4n) is 0.470. The molecule has 0 N–H and O–H groups in total. The van der Waals surface area contributed by atoms with Crippen LogP contribution in [0.2, 0.25) is 0 Å². The van der Waals surface area contributed by atoms with E-state index in [-0.39, 0.29) is 0 Å². The molecule has 0 amide bonds. The molecule has 0 aromatic heterocycles. The van der Waals surface area contributed by atoms with Crippen molar-refractivity contribution in [3.05, 3.63) is 11.9 Å². The van der Waals surface area contributed by atoms with E-state index in [4.69, 9.17) is 0 Å². The Morgan fingerprint density at radius 3 is 2.14 bits per heavy atom. The van der Waals surface area contributed by atoms with Gasteiger partial charge in [-0.1, -0.05) is 0 Å². The normalized spacial score (nSPS) is 9.14. The Morgan fingerprint density at radius 2 is 1.71 bits per heavy atom. The van der Waals surface area contributed by atoms with E-state index in [1.807, 2.05) is 0 Å². The highest BCUT2D eigenvalue weighted by Gasteiger charge is 2.15. The molecule has 0 aliphatic heterocycles. The van der Waals surface area contributed by atoms with Crippen molar-refractivity contribution in [3.8, 4) is 0 Å². The van der Waals surface area contributed by atoms with E-state index >= 15 is 0 Å². The Morgan fingerprint density at radius 1 is 1.14 bits per heavy atom. The average molecular weight is 212 g/mol. The number of halogens is 3. The molecule has 0 bridgehead atoms. The summed E-state index contributed by atoms with van der Waals surface area (Å²) in [6.45, 7) is -0.642. The van der Waals surface area contributed by atoms with Crippen LogP contribution in [0.15, 0.2) is 11.9 Å². The molecule has 0 rings (SSSR count). The molecule has 0 aliphatic rings. The Balaban J connectivity index is 3.81. The van der Waals surface area contributed by atoms with Crippen LogP contribution < -0.4 is 0 Å². The number of hydrogen-bond donors (Lipinski definition) is 0. The van der Waals surface area contributed by atoms with E-state index in [1.54, 1.807) is 0 Å². The number of hydrogen-bond acceptors (Lipinski definition) is 4. The summed E-state index contributed by atoms with van der Waals surface area (Å²) in [6.07, 6.45) is -3.25. The Labute approximate surface area is 77.3 Å². The van der Waals surface area contributed by atoms with E-state index in [0.717, 1.165) is 7.11 Å². The van der Waals surface area contributed by atoms with Crippen molar-refractivity contribution in [1.29, 1.82) is 0 Å². The molecule has 0 heterocycles. The molecule has 0 saturated heterocycles. The van der Waals surface area contributed by atoms with Crippen LogP contribution in [0.1, 0.15) is 6.42 Å². The van der Waals surface area contributed by atoms with Crippen molar-refractivity contribution in [2.75, 3.05) is 13.7 Å². The van der Waals surface area contributed by atoms with Gasteiger partial charge in [0.2, 0.25) is 0 Å². The molecule has 80 valence electrons. The summed E-state index contributed by atoms with van der Waals surface area (Å²) in [4.78, 5) is 20.9. The first kappa shape index (κ1) is 12.5. The minimum absolute atomic E-state index is 0.642. The molecule has 0 saturated carbocycles. The SMILES string of the molecule is COC(=O)C(=O)OCCC(F)=C(F)F. The fourth-order valence-corrected chi connectivity index (χ4v) is 0.470. The third kappa shape index (κ3) is 4.48. The van der Waals surface area contributed by atoms with Gasteiger partial charge in [0.15, 0.2) is 5.83 Å². The molecule has 0 atom stereocenters. The standard InChI is InChI=1S/C7H7F3O4/c1-13-6(11)7(12)14-3-2-4(8)5(9)10/h2-3H2,1H3. The number of rotatable bonds is 3. The van der Waals surface area contributed by atoms with Crippen LogP contribution >= 0.6 is 0 Å². The van der Waals surface area contributed by atoms with Crippen LogP contribution in [0, 0.1) is 0 Å². The van der Waals surface area contributed by atoms with Gasteiger partial charge in [-0.15, -0.1) is 0 Å². The van der Waals surface area contributed by atoms with Gasteiger partial charge >= 0.3 is 18.0 Å². The summed E-state index contributed by atoms with van der Waals surface area (Å²) >= 11 is 0. The summed E-state index contributed by atoms with van der Waals surface area (Å²) in [5, 5.41) is 0. The number of ether oxygens (including phenoxy) is 2. The van der Waals surface area contributed by atoms with Gasteiger partial charge in [-0.25, -0.2) is 14.0 Å². The molecule has 0 fully saturated rings.